The average Bonchev–Trinajstić information content (AvgIpc) is 3.74. The molecule has 2 saturated carbocycles. The number of amides is 1. The molecule has 1 spiro atoms. The van der Waals surface area contributed by atoms with Crippen molar-refractivity contribution in [3.63, 3.8) is 0 Å². The number of aliphatic hydroxyl groups is 1. The van der Waals surface area contributed by atoms with Gasteiger partial charge in [-0.05, 0) is 110 Å². The van der Waals surface area contributed by atoms with Gasteiger partial charge in [-0.15, -0.1) is 0 Å². The second-order valence-corrected chi connectivity index (χ2v) is 23.1. The largest absolute Gasteiger partial charge is 0.491 e. The first-order valence-corrected chi connectivity index (χ1v) is 27.0. The SMILES string of the molecule is COc1cc(CN2CCN(C3CC4(C3)CN(c3ccc(C(=O)NS(=O)(=O)c5ccc(NCC6CCC(C)(O)CC6)c([N+](=O)[O-])c5)c(Oc5cnc6[nH]cc(F)c6c5)c3)C4)C(c3ccccc3C(C)C)C2)cnc1OC. The van der Waals surface area contributed by atoms with E-state index >= 15 is 0 Å². The molecular weight excluding hydrogens is 982 g/mol. The van der Waals surface area contributed by atoms with Gasteiger partial charge in [-0.3, -0.25) is 24.7 Å². The number of hydrogen-bond acceptors (Lipinski definition) is 15. The molecule has 18 nitrogen and oxygen atoms in total. The number of carbonyl (C=O) groups excluding carboxylic acids is 1. The van der Waals surface area contributed by atoms with Crippen molar-refractivity contribution in [2.75, 3.05) is 63.7 Å². The molecule has 1 amide bonds. The van der Waals surface area contributed by atoms with Gasteiger partial charge in [-0.2, -0.15) is 0 Å². The molecule has 6 aromatic rings. The number of carbonyl (C=O) groups is 1. The number of ether oxygens (including phenoxy) is 3. The number of anilines is 2. The maximum Gasteiger partial charge on any atom is 0.293 e. The number of nitro groups is 1. The molecule has 3 aromatic heterocycles. The van der Waals surface area contributed by atoms with Crippen LogP contribution >= 0.6 is 0 Å². The quantitative estimate of drug-likeness (QED) is 0.0495. The lowest BCUT2D eigenvalue weighted by atomic mass is 9.59. The van der Waals surface area contributed by atoms with Crippen molar-refractivity contribution >= 4 is 44.0 Å². The van der Waals surface area contributed by atoms with E-state index in [9.17, 15) is 32.8 Å². The summed E-state index contributed by atoms with van der Waals surface area (Å²) in [6, 6.07) is 21.1. The molecule has 2 saturated heterocycles. The fourth-order valence-electron chi connectivity index (χ4n) is 11.6. The zero-order chi connectivity index (χ0) is 52.8. The van der Waals surface area contributed by atoms with E-state index in [0.29, 0.717) is 48.6 Å². The molecule has 4 fully saturated rings. The van der Waals surface area contributed by atoms with Crippen LogP contribution in [0.25, 0.3) is 11.0 Å². The molecule has 2 aliphatic heterocycles. The monoisotopic (exact) mass is 1050 g/mol. The molecule has 2 aliphatic carbocycles. The predicted molar refractivity (Wildman–Crippen MR) is 282 cm³/mol. The maximum absolute atomic E-state index is 14.7. The van der Waals surface area contributed by atoms with Gasteiger partial charge >= 0.3 is 0 Å². The van der Waals surface area contributed by atoms with E-state index in [0.717, 1.165) is 82.3 Å². The highest BCUT2D eigenvalue weighted by atomic mass is 32.2. The van der Waals surface area contributed by atoms with Crippen molar-refractivity contribution in [3.8, 4) is 23.1 Å². The van der Waals surface area contributed by atoms with Crippen molar-refractivity contribution in [2.24, 2.45) is 11.3 Å². The molecule has 5 heterocycles. The van der Waals surface area contributed by atoms with Crippen LogP contribution in [0.5, 0.6) is 23.1 Å². The first-order valence-electron chi connectivity index (χ1n) is 25.6. The van der Waals surface area contributed by atoms with Crippen molar-refractivity contribution in [2.45, 2.75) is 94.3 Å². The van der Waals surface area contributed by atoms with Gasteiger partial charge in [0.15, 0.2) is 5.75 Å². The summed E-state index contributed by atoms with van der Waals surface area (Å²) in [6.45, 7) is 11.6. The molecule has 396 valence electrons. The number of nitrogens with one attached hydrogen (secondary N) is 3. The van der Waals surface area contributed by atoms with Crippen LogP contribution in [0.3, 0.4) is 0 Å². The third kappa shape index (κ3) is 10.8. The lowest BCUT2D eigenvalue weighted by molar-refractivity contribution is -0.384. The number of aromatic nitrogens is 3. The summed E-state index contributed by atoms with van der Waals surface area (Å²) in [5.41, 5.74) is 3.68. The van der Waals surface area contributed by atoms with Gasteiger partial charge in [0.25, 0.3) is 27.5 Å². The minimum Gasteiger partial charge on any atom is -0.491 e. The number of rotatable bonds is 17. The Labute approximate surface area is 435 Å². The molecule has 3 aromatic carbocycles. The fourth-order valence-corrected chi connectivity index (χ4v) is 12.6. The molecule has 4 aliphatic rings. The third-order valence-corrected chi connectivity index (χ3v) is 17.1. The molecular formula is C55H64FN9O9S. The van der Waals surface area contributed by atoms with Gasteiger partial charge < -0.3 is 34.5 Å². The molecule has 75 heavy (non-hydrogen) atoms. The number of halogens is 1. The summed E-state index contributed by atoms with van der Waals surface area (Å²) < 4.78 is 61.7. The van der Waals surface area contributed by atoms with Gasteiger partial charge in [-0.1, -0.05) is 38.1 Å². The summed E-state index contributed by atoms with van der Waals surface area (Å²) in [7, 11) is -1.45. The second kappa shape index (κ2) is 20.7. The van der Waals surface area contributed by atoms with E-state index in [1.54, 1.807) is 33.3 Å². The Morgan fingerprint density at radius 2 is 1.76 bits per heavy atom. The Morgan fingerprint density at radius 1 is 0.987 bits per heavy atom. The van der Waals surface area contributed by atoms with E-state index in [2.05, 4.69) is 77.8 Å². The van der Waals surface area contributed by atoms with E-state index in [1.807, 2.05) is 12.3 Å². The summed E-state index contributed by atoms with van der Waals surface area (Å²) in [6.07, 6.45) is 9.15. The number of hydrogen-bond donors (Lipinski definition) is 4. The van der Waals surface area contributed by atoms with Gasteiger partial charge in [0.1, 0.15) is 28.7 Å². The number of H-pyrrole nitrogens is 1. The fraction of sp³-hybridized carbons (Fsp3) is 0.436. The highest BCUT2D eigenvalue weighted by Crippen LogP contribution is 2.54. The second-order valence-electron chi connectivity index (χ2n) is 21.4. The Hall–Kier alpha value is -6.87. The smallest absolute Gasteiger partial charge is 0.293 e. The van der Waals surface area contributed by atoms with Crippen molar-refractivity contribution in [1.82, 2.24) is 29.5 Å². The van der Waals surface area contributed by atoms with Crippen LogP contribution in [-0.4, -0.2) is 114 Å². The third-order valence-electron chi connectivity index (χ3n) is 15.8. The molecule has 10 rings (SSSR count). The number of sulfonamides is 1. The maximum atomic E-state index is 14.7. The number of nitrogens with zero attached hydrogens (tertiary/aromatic N) is 6. The van der Waals surface area contributed by atoms with E-state index in [4.69, 9.17) is 14.2 Å². The summed E-state index contributed by atoms with van der Waals surface area (Å²) in [4.78, 5) is 44.1. The zero-order valence-electron chi connectivity index (χ0n) is 42.8. The Morgan fingerprint density at radius 3 is 2.49 bits per heavy atom. The van der Waals surface area contributed by atoms with Gasteiger partial charge in [-0.25, -0.2) is 27.5 Å². The predicted octanol–water partition coefficient (Wildman–Crippen LogP) is 8.94. The number of methoxy groups -OCH3 is 2. The number of nitro benzene ring substituents is 1. The summed E-state index contributed by atoms with van der Waals surface area (Å²) >= 11 is 0. The molecule has 0 radical (unpaired) electrons. The first kappa shape index (κ1) is 51.6. The highest BCUT2D eigenvalue weighted by Gasteiger charge is 2.55. The molecule has 1 atom stereocenters. The first-order chi connectivity index (χ1) is 35.9. The standard InChI is InChI=1S/C55H64FN9O9S/c1-34(2)41-8-6-7-9-42(41)48-31-62(30-36-20-50(72-4)53(73-5)60-27-36)18-19-64(48)38-24-55(25-38)32-63(33-55)37-10-12-43(49(21-37)74-39-22-44-45(56)29-59-51(44)58-28-39)52(66)61-75(70,71)40-11-13-46(47(23-40)65(68)69)57-26-35-14-16-54(3,67)17-15-35/h6-13,20-23,27-29,34-35,38,48,57,67H,14-19,24-26,30-33H2,1-5H3,(H,58,59)(H,61,66). The van der Waals surface area contributed by atoms with Gasteiger partial charge in [0.05, 0.1) is 46.8 Å². The van der Waals surface area contributed by atoms with Gasteiger partial charge in [0.2, 0.25) is 0 Å². The van der Waals surface area contributed by atoms with Crippen LogP contribution in [0.15, 0.2) is 96.3 Å². The van der Waals surface area contributed by atoms with E-state index in [-0.39, 0.29) is 45.5 Å². The van der Waals surface area contributed by atoms with E-state index in [1.165, 1.54) is 47.8 Å². The number of fused-ring (bicyclic) bond motifs is 1. The topological polar surface area (TPSA) is 218 Å². The number of piperazine rings is 1. The van der Waals surface area contributed by atoms with E-state index < -0.39 is 42.9 Å². The normalized spacial score (nSPS) is 21.1. The van der Waals surface area contributed by atoms with Crippen LogP contribution in [0, 0.1) is 27.3 Å². The summed E-state index contributed by atoms with van der Waals surface area (Å²) in [5, 5.41) is 25.8. The van der Waals surface area contributed by atoms with Crippen molar-refractivity contribution in [3.05, 3.63) is 130 Å². The highest BCUT2D eigenvalue weighted by molar-refractivity contribution is 7.90. The number of aromatic amines is 1. The van der Waals surface area contributed by atoms with Gasteiger partial charge in [0, 0.05) is 93.5 Å². The lowest BCUT2D eigenvalue weighted by Gasteiger charge is -2.63. The Balaban J connectivity index is 0.848. The Kier molecular flexibility index (Phi) is 14.2. The minimum atomic E-state index is -4.65. The Bertz CT molecular complexity index is 3220. The number of benzene rings is 3. The molecule has 4 N–H and O–H groups in total. The van der Waals surface area contributed by atoms with Crippen LogP contribution in [-0.2, 0) is 16.6 Å². The average molecular weight is 1050 g/mol. The molecule has 1 unspecified atom stereocenters. The van der Waals surface area contributed by atoms with Crippen LogP contribution in [0.1, 0.15) is 98.3 Å². The minimum absolute atomic E-state index is 0.00730. The van der Waals surface area contributed by atoms with Crippen LogP contribution < -0.4 is 29.1 Å². The molecule has 20 heteroatoms. The number of pyridine rings is 2. The van der Waals surface area contributed by atoms with Crippen LogP contribution in [0.4, 0.5) is 21.5 Å². The van der Waals surface area contributed by atoms with Crippen molar-refractivity contribution in [1.29, 1.82) is 0 Å². The van der Waals surface area contributed by atoms with Crippen molar-refractivity contribution < 1.29 is 41.8 Å². The zero-order valence-corrected chi connectivity index (χ0v) is 43.7. The molecule has 0 bridgehead atoms. The summed E-state index contributed by atoms with van der Waals surface area (Å²) in [5.74, 6) is 0.133. The lowest BCUT2D eigenvalue weighted by Crippen LogP contribution is -2.68. The van der Waals surface area contributed by atoms with Crippen LogP contribution in [0.2, 0.25) is 0 Å².